The predicted octanol–water partition coefficient (Wildman–Crippen LogP) is 4.90. The molecule has 120 valence electrons. The molecule has 0 unspecified atom stereocenters. The monoisotopic (exact) mass is 432 g/mol. The van der Waals surface area contributed by atoms with Crippen LogP contribution < -0.4 is 10.6 Å². The lowest BCUT2D eigenvalue weighted by Crippen LogP contribution is -2.34. The third-order valence-corrected chi connectivity index (χ3v) is 4.47. The second-order valence-corrected chi connectivity index (χ2v) is 6.74. The molecule has 2 aromatic carbocycles. The Labute approximate surface area is 156 Å². The van der Waals surface area contributed by atoms with Crippen molar-refractivity contribution < 1.29 is 9.90 Å². The first kappa shape index (κ1) is 18.0. The minimum Gasteiger partial charge on any atom is -0.506 e. The van der Waals surface area contributed by atoms with E-state index in [1.54, 1.807) is 25.1 Å². The van der Waals surface area contributed by atoms with Gasteiger partial charge in [0.15, 0.2) is 5.11 Å². The molecule has 4 nitrogen and oxygen atoms in total. The molecule has 0 saturated heterocycles. The van der Waals surface area contributed by atoms with Crippen LogP contribution in [0.1, 0.15) is 15.9 Å². The van der Waals surface area contributed by atoms with Crippen LogP contribution in [0, 0.1) is 6.92 Å². The second kappa shape index (κ2) is 7.49. The van der Waals surface area contributed by atoms with Crippen LogP contribution in [0.3, 0.4) is 0 Å². The Hall–Kier alpha value is -1.34. The summed E-state index contributed by atoms with van der Waals surface area (Å²) in [6.45, 7) is 1.75. The molecule has 0 fully saturated rings. The quantitative estimate of drug-likeness (QED) is 0.465. The van der Waals surface area contributed by atoms with Crippen LogP contribution in [0.2, 0.25) is 10.0 Å². The summed E-state index contributed by atoms with van der Waals surface area (Å²) in [4.78, 5) is 12.1. The SMILES string of the molecule is Cc1cc(NC(=S)NC(=O)c2ccc(Cl)c(Cl)c2)cc(Br)c1O. The van der Waals surface area contributed by atoms with Crippen LogP contribution >= 0.6 is 51.3 Å². The number of aryl methyl sites for hydroxylation is 1. The number of phenols is 1. The van der Waals surface area contributed by atoms with Gasteiger partial charge in [-0.25, -0.2) is 0 Å². The molecule has 0 aliphatic rings. The summed E-state index contributed by atoms with van der Waals surface area (Å²) >= 11 is 20.1. The molecule has 0 aliphatic heterocycles. The van der Waals surface area contributed by atoms with Gasteiger partial charge < -0.3 is 10.4 Å². The highest BCUT2D eigenvalue weighted by Crippen LogP contribution is 2.30. The van der Waals surface area contributed by atoms with Gasteiger partial charge in [0, 0.05) is 11.3 Å². The number of anilines is 1. The Morgan fingerprint density at radius 3 is 2.52 bits per heavy atom. The Morgan fingerprint density at radius 1 is 1.22 bits per heavy atom. The molecule has 0 saturated carbocycles. The van der Waals surface area contributed by atoms with Crippen molar-refractivity contribution in [3.63, 3.8) is 0 Å². The van der Waals surface area contributed by atoms with Crippen LogP contribution in [0.15, 0.2) is 34.8 Å². The largest absolute Gasteiger partial charge is 0.506 e. The average Bonchev–Trinajstić information content (AvgIpc) is 2.47. The second-order valence-electron chi connectivity index (χ2n) is 4.66. The van der Waals surface area contributed by atoms with E-state index in [1.165, 1.54) is 12.1 Å². The molecular weight excluding hydrogens is 423 g/mol. The van der Waals surface area contributed by atoms with Gasteiger partial charge in [-0.15, -0.1) is 0 Å². The summed E-state index contributed by atoms with van der Waals surface area (Å²) in [5, 5.41) is 15.9. The van der Waals surface area contributed by atoms with E-state index in [-0.39, 0.29) is 15.9 Å². The number of phenolic OH excluding ortho intramolecular Hbond substituents is 1. The van der Waals surface area contributed by atoms with Gasteiger partial charge in [-0.1, -0.05) is 23.2 Å². The Bertz CT molecular complexity index is 776. The maximum Gasteiger partial charge on any atom is 0.257 e. The summed E-state index contributed by atoms with van der Waals surface area (Å²) in [7, 11) is 0. The first-order valence-electron chi connectivity index (χ1n) is 6.34. The molecule has 2 aromatic rings. The zero-order chi connectivity index (χ0) is 17.1. The third-order valence-electron chi connectivity index (χ3n) is 2.92. The predicted molar refractivity (Wildman–Crippen MR) is 101 cm³/mol. The average molecular weight is 434 g/mol. The highest BCUT2D eigenvalue weighted by Gasteiger charge is 2.11. The number of hydrogen-bond acceptors (Lipinski definition) is 3. The lowest BCUT2D eigenvalue weighted by molar-refractivity contribution is 0.0977. The molecule has 0 aromatic heterocycles. The zero-order valence-corrected chi connectivity index (χ0v) is 15.7. The van der Waals surface area contributed by atoms with Gasteiger partial charge in [0.05, 0.1) is 14.5 Å². The van der Waals surface area contributed by atoms with Gasteiger partial charge in [-0.3, -0.25) is 10.1 Å². The van der Waals surface area contributed by atoms with E-state index < -0.39 is 5.91 Å². The number of rotatable bonds is 2. The van der Waals surface area contributed by atoms with Crippen molar-refractivity contribution in [1.82, 2.24) is 5.32 Å². The highest BCUT2D eigenvalue weighted by atomic mass is 79.9. The molecule has 0 atom stereocenters. The van der Waals surface area contributed by atoms with Crippen LogP contribution in [-0.2, 0) is 0 Å². The van der Waals surface area contributed by atoms with Crippen molar-refractivity contribution >= 4 is 68.1 Å². The fraction of sp³-hybridized carbons (Fsp3) is 0.0667. The summed E-state index contributed by atoms with van der Waals surface area (Å²) in [5.41, 5.74) is 1.64. The van der Waals surface area contributed by atoms with Crippen LogP contribution in [-0.4, -0.2) is 16.1 Å². The number of nitrogens with one attached hydrogen (secondary N) is 2. The third kappa shape index (κ3) is 4.57. The lowest BCUT2D eigenvalue weighted by Gasteiger charge is -2.12. The molecule has 0 heterocycles. The topological polar surface area (TPSA) is 61.4 Å². The molecule has 0 spiro atoms. The van der Waals surface area contributed by atoms with E-state index in [9.17, 15) is 9.90 Å². The maximum absolute atomic E-state index is 12.1. The molecule has 2 rings (SSSR count). The lowest BCUT2D eigenvalue weighted by atomic mass is 10.2. The molecule has 0 radical (unpaired) electrons. The normalized spacial score (nSPS) is 10.3. The number of aromatic hydroxyl groups is 1. The van der Waals surface area contributed by atoms with Gasteiger partial charge in [-0.05, 0) is 71.0 Å². The summed E-state index contributed by atoms with van der Waals surface area (Å²) < 4.78 is 0.526. The maximum atomic E-state index is 12.1. The number of carbonyl (C=O) groups is 1. The van der Waals surface area contributed by atoms with Crippen molar-refractivity contribution in [2.45, 2.75) is 6.92 Å². The van der Waals surface area contributed by atoms with Gasteiger partial charge in [0.1, 0.15) is 5.75 Å². The molecular formula is C15H11BrCl2N2O2S. The molecule has 0 bridgehead atoms. The fourth-order valence-electron chi connectivity index (χ4n) is 1.78. The van der Waals surface area contributed by atoms with E-state index in [0.717, 1.165) is 0 Å². The standard InChI is InChI=1S/C15H11BrCl2N2O2S/c1-7-4-9(6-10(16)13(7)21)19-15(23)20-14(22)8-2-3-11(17)12(18)5-8/h2-6,21H,1H3,(H2,19,20,22,23). The van der Waals surface area contributed by atoms with Crippen molar-refractivity contribution in [3.05, 3.63) is 56.0 Å². The van der Waals surface area contributed by atoms with Crippen molar-refractivity contribution in [1.29, 1.82) is 0 Å². The van der Waals surface area contributed by atoms with Crippen LogP contribution in [0.5, 0.6) is 5.75 Å². The molecule has 3 N–H and O–H groups in total. The highest BCUT2D eigenvalue weighted by molar-refractivity contribution is 9.10. The number of hydrogen-bond donors (Lipinski definition) is 3. The van der Waals surface area contributed by atoms with Gasteiger partial charge in [0.25, 0.3) is 5.91 Å². The van der Waals surface area contributed by atoms with E-state index >= 15 is 0 Å². The number of amides is 1. The number of benzene rings is 2. The summed E-state index contributed by atoms with van der Waals surface area (Å²) in [6.07, 6.45) is 0. The van der Waals surface area contributed by atoms with Gasteiger partial charge in [0.2, 0.25) is 0 Å². The Kier molecular flexibility index (Phi) is 5.86. The zero-order valence-electron chi connectivity index (χ0n) is 11.8. The minimum absolute atomic E-state index is 0.123. The molecule has 23 heavy (non-hydrogen) atoms. The fourth-order valence-corrected chi connectivity index (χ4v) is 2.85. The van der Waals surface area contributed by atoms with E-state index in [2.05, 4.69) is 26.6 Å². The van der Waals surface area contributed by atoms with Gasteiger partial charge in [-0.2, -0.15) is 0 Å². The van der Waals surface area contributed by atoms with E-state index in [4.69, 9.17) is 35.4 Å². The Balaban J connectivity index is 2.07. The Morgan fingerprint density at radius 2 is 1.91 bits per heavy atom. The minimum atomic E-state index is -0.407. The molecule has 1 amide bonds. The van der Waals surface area contributed by atoms with Gasteiger partial charge >= 0.3 is 0 Å². The summed E-state index contributed by atoms with van der Waals surface area (Å²) in [6, 6.07) is 7.91. The number of carbonyl (C=O) groups excluding carboxylic acids is 1. The van der Waals surface area contributed by atoms with Crippen molar-refractivity contribution in [2.24, 2.45) is 0 Å². The number of thiocarbonyl (C=S) groups is 1. The summed E-state index contributed by atoms with van der Waals surface area (Å²) in [5.74, 6) is -0.253. The first-order chi connectivity index (χ1) is 10.8. The van der Waals surface area contributed by atoms with Crippen molar-refractivity contribution in [2.75, 3.05) is 5.32 Å². The number of halogens is 3. The molecule has 8 heteroatoms. The first-order valence-corrected chi connectivity index (χ1v) is 8.30. The van der Waals surface area contributed by atoms with Crippen LogP contribution in [0.25, 0.3) is 0 Å². The van der Waals surface area contributed by atoms with E-state index in [1.807, 2.05) is 0 Å². The van der Waals surface area contributed by atoms with Crippen LogP contribution in [0.4, 0.5) is 5.69 Å². The molecule has 0 aliphatic carbocycles. The van der Waals surface area contributed by atoms with Crippen molar-refractivity contribution in [3.8, 4) is 5.75 Å². The smallest absolute Gasteiger partial charge is 0.257 e. The van der Waals surface area contributed by atoms with E-state index in [0.29, 0.717) is 26.3 Å².